The van der Waals surface area contributed by atoms with Gasteiger partial charge in [0.2, 0.25) is 0 Å². The van der Waals surface area contributed by atoms with Crippen molar-refractivity contribution in [3.63, 3.8) is 0 Å². The van der Waals surface area contributed by atoms with Gasteiger partial charge in [-0.25, -0.2) is 8.42 Å². The molecule has 0 saturated heterocycles. The zero-order valence-corrected chi connectivity index (χ0v) is 16.3. The average Bonchev–Trinajstić information content (AvgIpc) is 2.96. The molecule has 1 heterocycles. The normalized spacial score (nSPS) is 11.9. The van der Waals surface area contributed by atoms with E-state index in [0.29, 0.717) is 16.9 Å². The van der Waals surface area contributed by atoms with Crippen LogP contribution in [0, 0.1) is 0 Å². The standard InChI is InChI=1S/C20H18N2O3S2/c1-2-11-22-18-10-9-17(13-19(18)26-20(22)23)27(24,25)21-16-8-7-14-5-3-4-6-15(14)12-16/h3-10,12-13,21H,2,11H2,1H3. The monoisotopic (exact) mass is 398 g/mol. The Labute approximate surface area is 160 Å². The molecule has 0 unspecified atom stereocenters. The highest BCUT2D eigenvalue weighted by Crippen LogP contribution is 2.25. The second-order valence-electron chi connectivity index (χ2n) is 6.32. The average molecular weight is 399 g/mol. The van der Waals surface area contributed by atoms with E-state index in [1.165, 1.54) is 0 Å². The minimum atomic E-state index is -3.74. The van der Waals surface area contributed by atoms with Gasteiger partial charge in [0, 0.05) is 12.2 Å². The first kappa shape index (κ1) is 17.8. The summed E-state index contributed by atoms with van der Waals surface area (Å²) in [4.78, 5) is 12.2. The summed E-state index contributed by atoms with van der Waals surface area (Å²) in [6.45, 7) is 2.63. The minimum Gasteiger partial charge on any atom is -0.299 e. The number of rotatable bonds is 5. The molecule has 0 radical (unpaired) electrons. The van der Waals surface area contributed by atoms with Crippen LogP contribution in [0.1, 0.15) is 13.3 Å². The molecule has 1 aromatic heterocycles. The summed E-state index contributed by atoms with van der Waals surface area (Å²) in [5.41, 5.74) is 1.28. The maximum Gasteiger partial charge on any atom is 0.308 e. The summed E-state index contributed by atoms with van der Waals surface area (Å²) in [5.74, 6) is 0. The molecule has 0 aliphatic heterocycles. The number of aromatic nitrogens is 1. The Morgan fingerprint density at radius 3 is 2.56 bits per heavy atom. The van der Waals surface area contributed by atoms with Crippen LogP contribution < -0.4 is 9.60 Å². The third kappa shape index (κ3) is 3.36. The molecule has 5 nitrogen and oxygen atoms in total. The lowest BCUT2D eigenvalue weighted by Gasteiger charge is -2.09. The van der Waals surface area contributed by atoms with Gasteiger partial charge in [-0.05, 0) is 47.5 Å². The first-order chi connectivity index (χ1) is 13.0. The summed E-state index contributed by atoms with van der Waals surface area (Å²) < 4.78 is 30.6. The van der Waals surface area contributed by atoms with Crippen molar-refractivity contribution in [2.45, 2.75) is 24.8 Å². The Hall–Kier alpha value is -2.64. The van der Waals surface area contributed by atoms with Crippen LogP contribution in [0.15, 0.2) is 70.4 Å². The summed E-state index contributed by atoms with van der Waals surface area (Å²) in [5, 5.41) is 2.01. The summed E-state index contributed by atoms with van der Waals surface area (Å²) in [6, 6.07) is 18.0. The van der Waals surface area contributed by atoms with Crippen molar-refractivity contribution in [1.82, 2.24) is 4.57 Å². The number of thiazole rings is 1. The highest BCUT2D eigenvalue weighted by Gasteiger charge is 2.17. The van der Waals surface area contributed by atoms with Gasteiger partial charge in [0.15, 0.2) is 0 Å². The van der Waals surface area contributed by atoms with E-state index < -0.39 is 10.0 Å². The van der Waals surface area contributed by atoms with E-state index in [4.69, 9.17) is 0 Å². The van der Waals surface area contributed by atoms with Gasteiger partial charge in [-0.2, -0.15) is 0 Å². The highest BCUT2D eigenvalue weighted by atomic mass is 32.2. The molecule has 0 spiro atoms. The number of nitrogens with zero attached hydrogens (tertiary/aromatic N) is 1. The van der Waals surface area contributed by atoms with E-state index in [-0.39, 0.29) is 9.77 Å². The molecule has 4 aromatic rings. The molecule has 0 amide bonds. The Bertz CT molecular complexity index is 1300. The number of anilines is 1. The molecule has 138 valence electrons. The molecule has 4 rings (SSSR count). The Morgan fingerprint density at radius 2 is 1.78 bits per heavy atom. The quantitative estimate of drug-likeness (QED) is 0.541. The third-order valence-corrected chi connectivity index (χ3v) is 6.72. The van der Waals surface area contributed by atoms with Gasteiger partial charge in [0.1, 0.15) is 0 Å². The maximum absolute atomic E-state index is 12.8. The fraction of sp³-hybridized carbons (Fsp3) is 0.150. The van der Waals surface area contributed by atoms with Gasteiger partial charge in [-0.1, -0.05) is 48.6 Å². The molecule has 0 atom stereocenters. The van der Waals surface area contributed by atoms with Crippen molar-refractivity contribution in [2.24, 2.45) is 0 Å². The van der Waals surface area contributed by atoms with E-state index in [0.717, 1.165) is 34.0 Å². The van der Waals surface area contributed by atoms with E-state index in [1.807, 2.05) is 43.3 Å². The first-order valence-electron chi connectivity index (χ1n) is 8.63. The van der Waals surface area contributed by atoms with Gasteiger partial charge in [0.25, 0.3) is 10.0 Å². The number of sulfonamides is 1. The predicted octanol–water partition coefficient (Wildman–Crippen LogP) is 4.43. The molecule has 0 aliphatic rings. The molecular formula is C20H18N2O3S2. The summed E-state index contributed by atoms with van der Waals surface area (Å²) >= 11 is 1.07. The van der Waals surface area contributed by atoms with Crippen LogP contribution >= 0.6 is 11.3 Å². The van der Waals surface area contributed by atoms with Crippen LogP contribution in [-0.2, 0) is 16.6 Å². The van der Waals surface area contributed by atoms with Crippen molar-refractivity contribution in [2.75, 3.05) is 4.72 Å². The lowest BCUT2D eigenvalue weighted by molar-refractivity contribution is 0.601. The predicted molar refractivity (Wildman–Crippen MR) is 111 cm³/mol. The van der Waals surface area contributed by atoms with E-state index >= 15 is 0 Å². The Kier molecular flexibility index (Phi) is 4.49. The summed E-state index contributed by atoms with van der Waals surface area (Å²) in [7, 11) is -3.74. The molecule has 27 heavy (non-hydrogen) atoms. The van der Waals surface area contributed by atoms with Crippen molar-refractivity contribution in [3.8, 4) is 0 Å². The van der Waals surface area contributed by atoms with Crippen LogP contribution in [0.25, 0.3) is 21.0 Å². The fourth-order valence-corrected chi connectivity index (χ4v) is 5.22. The lowest BCUT2D eigenvalue weighted by Crippen LogP contribution is -2.13. The number of benzene rings is 3. The number of nitrogens with one attached hydrogen (secondary N) is 1. The highest BCUT2D eigenvalue weighted by molar-refractivity contribution is 7.92. The fourth-order valence-electron chi connectivity index (χ4n) is 3.12. The second kappa shape index (κ2) is 6.83. The maximum atomic E-state index is 12.8. The van der Waals surface area contributed by atoms with Crippen LogP contribution in [0.5, 0.6) is 0 Å². The summed E-state index contributed by atoms with van der Waals surface area (Å²) in [6.07, 6.45) is 0.843. The van der Waals surface area contributed by atoms with Crippen molar-refractivity contribution in [1.29, 1.82) is 0 Å². The molecule has 7 heteroatoms. The van der Waals surface area contributed by atoms with E-state index in [9.17, 15) is 13.2 Å². The Balaban J connectivity index is 1.71. The minimum absolute atomic E-state index is 0.0658. The van der Waals surface area contributed by atoms with Gasteiger partial charge in [-0.3, -0.25) is 14.1 Å². The number of aryl methyl sites for hydroxylation is 1. The molecule has 1 N–H and O–H groups in total. The largest absolute Gasteiger partial charge is 0.308 e. The molecule has 0 bridgehead atoms. The van der Waals surface area contributed by atoms with Crippen LogP contribution in [-0.4, -0.2) is 13.0 Å². The third-order valence-electron chi connectivity index (χ3n) is 4.40. The number of fused-ring (bicyclic) bond motifs is 2. The van der Waals surface area contributed by atoms with Crippen molar-refractivity contribution in [3.05, 3.63) is 70.3 Å². The molecule has 0 saturated carbocycles. The van der Waals surface area contributed by atoms with Gasteiger partial charge in [0.05, 0.1) is 15.1 Å². The first-order valence-corrected chi connectivity index (χ1v) is 10.9. The zero-order chi connectivity index (χ0) is 19.0. The molecule has 3 aromatic carbocycles. The molecular weight excluding hydrogens is 380 g/mol. The SMILES string of the molecule is CCCn1c(=O)sc2cc(S(=O)(=O)Nc3ccc4ccccc4c3)ccc21. The van der Waals surface area contributed by atoms with Gasteiger partial charge < -0.3 is 0 Å². The Morgan fingerprint density at radius 1 is 1.00 bits per heavy atom. The molecule has 0 aliphatic carbocycles. The second-order valence-corrected chi connectivity index (χ2v) is 8.99. The molecule has 0 fully saturated rings. The number of hydrogen-bond donors (Lipinski definition) is 1. The van der Waals surface area contributed by atoms with Crippen molar-refractivity contribution >= 4 is 48.0 Å². The van der Waals surface area contributed by atoms with Crippen molar-refractivity contribution < 1.29 is 8.42 Å². The van der Waals surface area contributed by atoms with E-state index in [1.54, 1.807) is 28.8 Å². The van der Waals surface area contributed by atoms with Crippen LogP contribution in [0.4, 0.5) is 5.69 Å². The van der Waals surface area contributed by atoms with Crippen LogP contribution in [0.3, 0.4) is 0 Å². The smallest absolute Gasteiger partial charge is 0.299 e. The number of hydrogen-bond acceptors (Lipinski definition) is 4. The van der Waals surface area contributed by atoms with Gasteiger partial charge >= 0.3 is 4.87 Å². The zero-order valence-electron chi connectivity index (χ0n) is 14.7. The van der Waals surface area contributed by atoms with Gasteiger partial charge in [-0.15, -0.1) is 0 Å². The lowest BCUT2D eigenvalue weighted by atomic mass is 10.1. The van der Waals surface area contributed by atoms with E-state index in [2.05, 4.69) is 4.72 Å². The topological polar surface area (TPSA) is 68.2 Å². The van der Waals surface area contributed by atoms with Crippen LogP contribution in [0.2, 0.25) is 0 Å².